The molecule has 1 aromatic carbocycles. The lowest BCUT2D eigenvalue weighted by Crippen LogP contribution is -2.46. The van der Waals surface area contributed by atoms with Gasteiger partial charge in [0.2, 0.25) is 5.95 Å². The molecule has 0 radical (unpaired) electrons. The molecule has 0 amide bonds. The predicted molar refractivity (Wildman–Crippen MR) is 104 cm³/mol. The minimum absolute atomic E-state index is 0.0414. The van der Waals surface area contributed by atoms with E-state index in [0.29, 0.717) is 30.9 Å². The number of hydrogen-bond donors (Lipinski definition) is 1. The van der Waals surface area contributed by atoms with Gasteiger partial charge in [0.15, 0.2) is 17.8 Å². The lowest BCUT2D eigenvalue weighted by molar-refractivity contribution is -0.275. The van der Waals surface area contributed by atoms with E-state index in [4.69, 9.17) is 4.74 Å². The first-order chi connectivity index (χ1) is 15.1. The Morgan fingerprint density at radius 3 is 2.47 bits per heavy atom. The molecule has 2 aromatic rings. The summed E-state index contributed by atoms with van der Waals surface area (Å²) in [6.45, 7) is 5.09. The van der Waals surface area contributed by atoms with Gasteiger partial charge in [0.25, 0.3) is 0 Å². The first-order valence-corrected chi connectivity index (χ1v) is 10.2. The molecular weight excluding hydrogens is 432 g/mol. The summed E-state index contributed by atoms with van der Waals surface area (Å²) in [6, 6.07) is 2.87. The highest BCUT2D eigenvalue weighted by Gasteiger charge is 2.42. The summed E-state index contributed by atoms with van der Waals surface area (Å²) in [4.78, 5) is 6.15. The molecule has 1 N–H and O–H groups in total. The van der Waals surface area contributed by atoms with Gasteiger partial charge in [0, 0.05) is 25.2 Å². The molecule has 8 nitrogen and oxygen atoms in total. The van der Waals surface area contributed by atoms with Crippen LogP contribution in [0.5, 0.6) is 17.5 Å². The third kappa shape index (κ3) is 4.66. The molecule has 1 saturated carbocycles. The van der Waals surface area contributed by atoms with E-state index >= 15 is 0 Å². The topological polar surface area (TPSA) is 88.2 Å². The van der Waals surface area contributed by atoms with Crippen LogP contribution in [0.2, 0.25) is 0 Å². The minimum atomic E-state index is -5.00. The summed E-state index contributed by atoms with van der Waals surface area (Å²) in [5.74, 6) is -1.25. The van der Waals surface area contributed by atoms with E-state index in [0.717, 1.165) is 31.0 Å². The average molecular weight is 454 g/mol. The first kappa shape index (κ1) is 22.0. The van der Waals surface area contributed by atoms with E-state index in [1.807, 2.05) is 13.8 Å². The van der Waals surface area contributed by atoms with Crippen molar-refractivity contribution in [2.75, 3.05) is 18.4 Å². The molecule has 1 aliphatic heterocycles. The second kappa shape index (κ2) is 8.37. The Hall–Kier alpha value is -3.23. The van der Waals surface area contributed by atoms with Gasteiger partial charge >= 0.3 is 12.4 Å². The summed E-state index contributed by atoms with van der Waals surface area (Å²) < 4.78 is 61.8. The molecule has 4 rings (SSSR count). The lowest BCUT2D eigenvalue weighted by atomic mass is 9.92. The van der Waals surface area contributed by atoms with Crippen LogP contribution >= 0.6 is 0 Å². The molecular formula is C20H22F4N6O2. The van der Waals surface area contributed by atoms with Crippen LogP contribution in [0.25, 0.3) is 0 Å². The molecule has 2 aliphatic rings. The van der Waals surface area contributed by atoms with Gasteiger partial charge in [0.05, 0.1) is 6.04 Å². The van der Waals surface area contributed by atoms with Crippen LogP contribution in [0.3, 0.4) is 0 Å². The van der Waals surface area contributed by atoms with Crippen LogP contribution in [0, 0.1) is 29.1 Å². The highest BCUT2D eigenvalue weighted by molar-refractivity contribution is 5.36. The predicted octanol–water partition coefficient (Wildman–Crippen LogP) is 4.29. The summed E-state index contributed by atoms with van der Waals surface area (Å²) in [7, 11) is 0. The van der Waals surface area contributed by atoms with Gasteiger partial charge in [-0.25, -0.2) is 9.07 Å². The SMILES string of the molecule is CC(C)n1nc(N[C@@H]2[C@@H]3CC[C@H]2CN(C#N)C3)nc1Oc1ccc(OC(F)(F)F)c(F)c1. The van der Waals surface area contributed by atoms with Crippen LogP contribution in [0.4, 0.5) is 23.5 Å². The lowest BCUT2D eigenvalue weighted by Gasteiger charge is -2.35. The second-order valence-corrected chi connectivity index (χ2v) is 8.27. The molecule has 3 atom stereocenters. The molecule has 2 bridgehead atoms. The normalized spacial score (nSPS) is 22.7. The minimum Gasteiger partial charge on any atom is -0.424 e. The maximum absolute atomic E-state index is 14.0. The number of nitrogens with one attached hydrogen (secondary N) is 1. The Kier molecular flexibility index (Phi) is 5.75. The molecule has 0 unspecified atom stereocenters. The van der Waals surface area contributed by atoms with Crippen LogP contribution in [0.15, 0.2) is 18.2 Å². The maximum atomic E-state index is 14.0. The third-order valence-corrected chi connectivity index (χ3v) is 5.70. The Bertz CT molecular complexity index is 1000. The molecule has 2 heterocycles. The van der Waals surface area contributed by atoms with Crippen molar-refractivity contribution in [1.82, 2.24) is 19.7 Å². The van der Waals surface area contributed by atoms with E-state index in [1.54, 1.807) is 4.90 Å². The number of nitrogens with zero attached hydrogens (tertiary/aromatic N) is 5. The van der Waals surface area contributed by atoms with Crippen molar-refractivity contribution in [2.45, 2.75) is 45.1 Å². The van der Waals surface area contributed by atoms with Gasteiger partial charge in [0.1, 0.15) is 5.75 Å². The standard InChI is InChI=1S/C20H22F4N6O2/c1-11(2)30-19(31-14-5-6-16(15(21)7-14)32-20(22,23)24)27-18(28-30)26-17-12-3-4-13(17)9-29(8-12)10-25/h5-7,11-13,17H,3-4,8-9H2,1-2H3,(H,26,28)/t12-,13+,17-. The van der Waals surface area contributed by atoms with E-state index in [2.05, 4.69) is 26.3 Å². The number of benzene rings is 1. The number of halogens is 4. The number of nitriles is 1. The fourth-order valence-electron chi connectivity index (χ4n) is 4.32. The van der Waals surface area contributed by atoms with Crippen LogP contribution < -0.4 is 14.8 Å². The van der Waals surface area contributed by atoms with Crippen molar-refractivity contribution in [3.05, 3.63) is 24.0 Å². The molecule has 1 aromatic heterocycles. The monoisotopic (exact) mass is 454 g/mol. The summed E-state index contributed by atoms with van der Waals surface area (Å²) in [5, 5.41) is 17.0. The van der Waals surface area contributed by atoms with Gasteiger partial charge in [-0.3, -0.25) is 0 Å². The first-order valence-electron chi connectivity index (χ1n) is 10.2. The number of likely N-dealkylation sites (tertiary alicyclic amines) is 1. The number of alkyl halides is 3. The molecule has 1 aliphatic carbocycles. The zero-order valence-electron chi connectivity index (χ0n) is 17.4. The zero-order valence-corrected chi connectivity index (χ0v) is 17.4. The van der Waals surface area contributed by atoms with Gasteiger partial charge in [-0.05, 0) is 50.7 Å². The molecule has 32 heavy (non-hydrogen) atoms. The van der Waals surface area contributed by atoms with Crippen molar-refractivity contribution in [3.63, 3.8) is 0 Å². The second-order valence-electron chi connectivity index (χ2n) is 8.27. The Labute approximate surface area is 181 Å². The van der Waals surface area contributed by atoms with Gasteiger partial charge in [-0.1, -0.05) is 0 Å². The summed E-state index contributed by atoms with van der Waals surface area (Å²) in [6.07, 6.45) is -0.753. The van der Waals surface area contributed by atoms with E-state index < -0.39 is 17.9 Å². The smallest absolute Gasteiger partial charge is 0.424 e. The zero-order chi connectivity index (χ0) is 23.0. The van der Waals surface area contributed by atoms with Crippen LogP contribution in [-0.4, -0.2) is 45.2 Å². The number of anilines is 1. The van der Waals surface area contributed by atoms with Crippen molar-refractivity contribution in [1.29, 1.82) is 5.26 Å². The number of rotatable bonds is 6. The van der Waals surface area contributed by atoms with E-state index in [9.17, 15) is 22.8 Å². The fraction of sp³-hybridized carbons (Fsp3) is 0.550. The Morgan fingerprint density at radius 2 is 1.91 bits per heavy atom. The number of fused-ring (bicyclic) bond motifs is 2. The highest BCUT2D eigenvalue weighted by Crippen LogP contribution is 2.38. The number of piperidine rings is 1. The summed E-state index contributed by atoms with van der Waals surface area (Å²) in [5.41, 5.74) is 0. The average Bonchev–Trinajstić information content (AvgIpc) is 3.19. The van der Waals surface area contributed by atoms with Crippen molar-refractivity contribution < 1.29 is 27.0 Å². The molecule has 1 saturated heterocycles. The quantitative estimate of drug-likeness (QED) is 0.515. The van der Waals surface area contributed by atoms with Gasteiger partial charge in [-0.15, -0.1) is 18.3 Å². The molecule has 0 spiro atoms. The van der Waals surface area contributed by atoms with E-state index in [-0.39, 0.29) is 23.8 Å². The molecule has 12 heteroatoms. The summed E-state index contributed by atoms with van der Waals surface area (Å²) >= 11 is 0. The Morgan fingerprint density at radius 1 is 1.22 bits per heavy atom. The van der Waals surface area contributed by atoms with Crippen LogP contribution in [-0.2, 0) is 0 Å². The third-order valence-electron chi connectivity index (χ3n) is 5.70. The van der Waals surface area contributed by atoms with Crippen molar-refractivity contribution in [2.24, 2.45) is 11.8 Å². The molecule has 172 valence electrons. The van der Waals surface area contributed by atoms with Crippen LogP contribution in [0.1, 0.15) is 32.7 Å². The number of hydrogen-bond acceptors (Lipinski definition) is 7. The van der Waals surface area contributed by atoms with Crippen molar-refractivity contribution in [3.8, 4) is 23.7 Å². The van der Waals surface area contributed by atoms with Gasteiger partial charge < -0.3 is 19.7 Å². The van der Waals surface area contributed by atoms with Gasteiger partial charge in [-0.2, -0.15) is 10.2 Å². The largest absolute Gasteiger partial charge is 0.573 e. The number of ether oxygens (including phenoxy) is 2. The van der Waals surface area contributed by atoms with Crippen molar-refractivity contribution >= 4 is 5.95 Å². The number of aromatic nitrogens is 3. The maximum Gasteiger partial charge on any atom is 0.573 e. The highest BCUT2D eigenvalue weighted by atomic mass is 19.4. The van der Waals surface area contributed by atoms with E-state index in [1.165, 1.54) is 4.68 Å². The fourth-order valence-corrected chi connectivity index (χ4v) is 4.32. The Balaban J connectivity index is 1.51. The molecule has 2 fully saturated rings.